The van der Waals surface area contributed by atoms with Gasteiger partial charge in [0.1, 0.15) is 0 Å². The van der Waals surface area contributed by atoms with Gasteiger partial charge >= 0.3 is 0 Å². The smallest absolute Gasteiger partial charge is 0.257 e. The van der Waals surface area contributed by atoms with Crippen LogP contribution in [0.3, 0.4) is 0 Å². The molecule has 4 rings (SSSR count). The SMILES string of the molecule is Cc1ccc(-c2nnc([C@H]3CCCN3Cc3ccc(C(C)C)cc3)o2)s1. The van der Waals surface area contributed by atoms with Crippen molar-refractivity contribution in [2.45, 2.75) is 52.1 Å². The molecule has 0 aliphatic carbocycles. The van der Waals surface area contributed by atoms with E-state index in [1.54, 1.807) is 11.3 Å². The highest BCUT2D eigenvalue weighted by Gasteiger charge is 2.30. The topological polar surface area (TPSA) is 42.2 Å². The second kappa shape index (κ2) is 7.33. The molecule has 0 N–H and O–H groups in total. The van der Waals surface area contributed by atoms with E-state index in [4.69, 9.17) is 4.42 Å². The molecule has 0 saturated carbocycles. The molecule has 0 spiro atoms. The van der Waals surface area contributed by atoms with Crippen molar-refractivity contribution in [2.24, 2.45) is 0 Å². The number of nitrogens with zero attached hydrogens (tertiary/aromatic N) is 3. The highest BCUT2D eigenvalue weighted by Crippen LogP contribution is 2.35. The normalized spacial score (nSPS) is 18.1. The van der Waals surface area contributed by atoms with Crippen LogP contribution in [0.1, 0.15) is 60.5 Å². The van der Waals surface area contributed by atoms with Gasteiger partial charge in [-0.3, -0.25) is 4.90 Å². The zero-order chi connectivity index (χ0) is 18.1. The average molecular weight is 368 g/mol. The van der Waals surface area contributed by atoms with Gasteiger partial charge in [0.15, 0.2) is 0 Å². The van der Waals surface area contributed by atoms with Gasteiger partial charge in [0, 0.05) is 11.4 Å². The predicted molar refractivity (Wildman–Crippen MR) is 105 cm³/mol. The monoisotopic (exact) mass is 367 g/mol. The summed E-state index contributed by atoms with van der Waals surface area (Å²) in [7, 11) is 0. The molecule has 1 saturated heterocycles. The summed E-state index contributed by atoms with van der Waals surface area (Å²) in [6.45, 7) is 8.56. The van der Waals surface area contributed by atoms with Crippen molar-refractivity contribution < 1.29 is 4.42 Å². The fourth-order valence-corrected chi connectivity index (χ4v) is 4.34. The summed E-state index contributed by atoms with van der Waals surface area (Å²) in [5.74, 6) is 1.97. The zero-order valence-electron chi connectivity index (χ0n) is 15.6. The molecule has 1 atom stereocenters. The number of aromatic nitrogens is 2. The Kier molecular flexibility index (Phi) is 4.92. The van der Waals surface area contributed by atoms with Crippen LogP contribution in [0.2, 0.25) is 0 Å². The first kappa shape index (κ1) is 17.4. The standard InChI is InChI=1S/C21H25N3OS/c1-14(2)17-9-7-16(8-10-17)13-24-12-4-5-18(24)20-22-23-21(25-20)19-11-6-15(3)26-19/h6-11,14,18H,4-5,12-13H2,1-3H3/t18-/m1/s1. The first-order valence-electron chi connectivity index (χ1n) is 9.33. The number of thiophene rings is 1. The molecule has 1 aliphatic heterocycles. The molecule has 136 valence electrons. The van der Waals surface area contributed by atoms with Gasteiger partial charge in [0.2, 0.25) is 5.89 Å². The summed E-state index contributed by atoms with van der Waals surface area (Å²) in [5.41, 5.74) is 2.73. The number of hydrogen-bond donors (Lipinski definition) is 0. The Labute approximate surface area is 158 Å². The summed E-state index contributed by atoms with van der Waals surface area (Å²) >= 11 is 1.69. The maximum absolute atomic E-state index is 6.03. The molecule has 3 aromatic rings. The third kappa shape index (κ3) is 3.60. The molecule has 1 aliphatic rings. The number of likely N-dealkylation sites (tertiary alicyclic amines) is 1. The van der Waals surface area contributed by atoms with Gasteiger partial charge < -0.3 is 4.42 Å². The summed E-state index contributed by atoms with van der Waals surface area (Å²) in [6.07, 6.45) is 2.25. The Morgan fingerprint density at radius 3 is 2.65 bits per heavy atom. The number of hydrogen-bond acceptors (Lipinski definition) is 5. The van der Waals surface area contributed by atoms with Crippen LogP contribution in [0.5, 0.6) is 0 Å². The van der Waals surface area contributed by atoms with Crippen molar-refractivity contribution >= 4 is 11.3 Å². The first-order chi connectivity index (χ1) is 12.6. The van der Waals surface area contributed by atoms with Crippen LogP contribution in [0.15, 0.2) is 40.8 Å². The van der Waals surface area contributed by atoms with Gasteiger partial charge in [-0.1, -0.05) is 38.1 Å². The Morgan fingerprint density at radius 2 is 1.96 bits per heavy atom. The molecular weight excluding hydrogens is 342 g/mol. The minimum Gasteiger partial charge on any atom is -0.418 e. The summed E-state index contributed by atoms with van der Waals surface area (Å²) in [6, 6.07) is 13.4. The van der Waals surface area contributed by atoms with E-state index in [1.807, 2.05) is 0 Å². The first-order valence-corrected chi connectivity index (χ1v) is 10.1. The van der Waals surface area contributed by atoms with Crippen LogP contribution in [0, 0.1) is 6.92 Å². The van der Waals surface area contributed by atoms with E-state index in [0.717, 1.165) is 30.3 Å². The van der Waals surface area contributed by atoms with Gasteiger partial charge in [-0.05, 0) is 55.5 Å². The van der Waals surface area contributed by atoms with Crippen molar-refractivity contribution in [3.8, 4) is 10.8 Å². The molecule has 5 heteroatoms. The van der Waals surface area contributed by atoms with Gasteiger partial charge in [0.05, 0.1) is 10.9 Å². The fraction of sp³-hybridized carbons (Fsp3) is 0.429. The second-order valence-electron chi connectivity index (χ2n) is 7.38. The minimum atomic E-state index is 0.224. The highest BCUT2D eigenvalue weighted by atomic mass is 32.1. The Balaban J connectivity index is 1.49. The van der Waals surface area contributed by atoms with E-state index in [0.29, 0.717) is 11.8 Å². The maximum Gasteiger partial charge on any atom is 0.257 e. The molecule has 0 unspecified atom stereocenters. The molecule has 0 radical (unpaired) electrons. The number of rotatable bonds is 5. The molecule has 0 bridgehead atoms. The fourth-order valence-electron chi connectivity index (χ4n) is 3.56. The largest absolute Gasteiger partial charge is 0.418 e. The maximum atomic E-state index is 6.03. The quantitative estimate of drug-likeness (QED) is 0.591. The third-order valence-electron chi connectivity index (χ3n) is 5.07. The lowest BCUT2D eigenvalue weighted by Crippen LogP contribution is -2.23. The number of aryl methyl sites for hydroxylation is 1. The van der Waals surface area contributed by atoms with Crippen LogP contribution >= 0.6 is 11.3 Å². The average Bonchev–Trinajstić information content (AvgIpc) is 3.35. The molecule has 0 amide bonds. The van der Waals surface area contributed by atoms with Gasteiger partial charge in [-0.25, -0.2) is 0 Å². The van der Waals surface area contributed by atoms with Crippen molar-refractivity contribution in [3.05, 3.63) is 58.3 Å². The van der Waals surface area contributed by atoms with E-state index in [2.05, 4.69) is 72.3 Å². The van der Waals surface area contributed by atoms with Crippen LogP contribution in [0.4, 0.5) is 0 Å². The second-order valence-corrected chi connectivity index (χ2v) is 8.67. The van der Waals surface area contributed by atoms with Gasteiger partial charge in [0.25, 0.3) is 5.89 Å². The van der Waals surface area contributed by atoms with Crippen LogP contribution in [0.25, 0.3) is 10.8 Å². The van der Waals surface area contributed by atoms with Crippen LogP contribution in [-0.4, -0.2) is 21.6 Å². The highest BCUT2D eigenvalue weighted by molar-refractivity contribution is 7.15. The lowest BCUT2D eigenvalue weighted by molar-refractivity contribution is 0.215. The van der Waals surface area contributed by atoms with Crippen molar-refractivity contribution in [1.82, 2.24) is 15.1 Å². The molecule has 1 aromatic carbocycles. The molecule has 26 heavy (non-hydrogen) atoms. The van der Waals surface area contributed by atoms with Crippen LogP contribution < -0.4 is 0 Å². The molecule has 3 heterocycles. The number of benzene rings is 1. The predicted octanol–water partition coefficient (Wildman–Crippen LogP) is 5.57. The van der Waals surface area contributed by atoms with Crippen LogP contribution in [-0.2, 0) is 6.54 Å². The Hall–Kier alpha value is -1.98. The molecule has 4 nitrogen and oxygen atoms in total. The zero-order valence-corrected chi connectivity index (χ0v) is 16.4. The van der Waals surface area contributed by atoms with Gasteiger partial charge in [-0.15, -0.1) is 21.5 Å². The lowest BCUT2D eigenvalue weighted by Gasteiger charge is -2.21. The van der Waals surface area contributed by atoms with Crippen molar-refractivity contribution in [3.63, 3.8) is 0 Å². The van der Waals surface area contributed by atoms with E-state index in [-0.39, 0.29) is 6.04 Å². The Bertz CT molecular complexity index is 866. The molecule has 2 aromatic heterocycles. The van der Waals surface area contributed by atoms with E-state index >= 15 is 0 Å². The van der Waals surface area contributed by atoms with E-state index < -0.39 is 0 Å². The van der Waals surface area contributed by atoms with E-state index in [9.17, 15) is 0 Å². The summed E-state index contributed by atoms with van der Waals surface area (Å²) in [5, 5.41) is 8.65. The van der Waals surface area contributed by atoms with Crippen molar-refractivity contribution in [2.75, 3.05) is 6.54 Å². The van der Waals surface area contributed by atoms with Crippen molar-refractivity contribution in [1.29, 1.82) is 0 Å². The van der Waals surface area contributed by atoms with Gasteiger partial charge in [-0.2, -0.15) is 0 Å². The third-order valence-corrected chi connectivity index (χ3v) is 6.06. The summed E-state index contributed by atoms with van der Waals surface area (Å²) in [4.78, 5) is 4.77. The Morgan fingerprint density at radius 1 is 1.15 bits per heavy atom. The molecular formula is C21H25N3OS. The summed E-state index contributed by atoms with van der Waals surface area (Å²) < 4.78 is 6.03. The lowest BCUT2D eigenvalue weighted by atomic mass is 10.0. The van der Waals surface area contributed by atoms with E-state index in [1.165, 1.54) is 22.4 Å². The molecule has 1 fully saturated rings. The minimum absolute atomic E-state index is 0.224.